The van der Waals surface area contributed by atoms with Gasteiger partial charge >= 0.3 is 0 Å². The number of rotatable bonds is 2. The molecule has 3 aromatic rings. The lowest BCUT2D eigenvalue weighted by Crippen LogP contribution is -2.25. The van der Waals surface area contributed by atoms with E-state index in [-0.39, 0.29) is 5.91 Å². The molecule has 7 heteroatoms. The number of hydrogen-bond acceptors (Lipinski definition) is 5. The second-order valence-electron chi connectivity index (χ2n) is 5.59. The van der Waals surface area contributed by atoms with E-state index in [4.69, 9.17) is 4.52 Å². The van der Waals surface area contributed by atoms with Crippen LogP contribution in [0.5, 0.6) is 0 Å². The SMILES string of the molecule is CC(=O)N1CCc2cc(-c3nc(-c4cnn(C)c4)no3)ccc21. The number of benzene rings is 1. The Morgan fingerprint density at radius 2 is 2.17 bits per heavy atom. The van der Waals surface area contributed by atoms with Crippen molar-refractivity contribution >= 4 is 11.6 Å². The van der Waals surface area contributed by atoms with Gasteiger partial charge in [-0.3, -0.25) is 9.48 Å². The number of anilines is 1. The molecule has 0 saturated heterocycles. The van der Waals surface area contributed by atoms with E-state index in [1.807, 2.05) is 31.4 Å². The third-order valence-corrected chi connectivity index (χ3v) is 3.99. The first-order valence-electron chi connectivity index (χ1n) is 7.36. The molecule has 1 aliphatic heterocycles. The molecule has 3 heterocycles. The zero-order valence-electron chi connectivity index (χ0n) is 12.9. The van der Waals surface area contributed by atoms with E-state index in [9.17, 15) is 4.79 Å². The van der Waals surface area contributed by atoms with Gasteiger partial charge in [-0.1, -0.05) is 5.16 Å². The molecule has 0 spiro atoms. The average molecular weight is 309 g/mol. The van der Waals surface area contributed by atoms with Gasteiger partial charge in [-0.15, -0.1) is 0 Å². The fourth-order valence-electron chi connectivity index (χ4n) is 2.86. The van der Waals surface area contributed by atoms with Gasteiger partial charge in [0, 0.05) is 38.0 Å². The number of aromatic nitrogens is 4. The first-order valence-corrected chi connectivity index (χ1v) is 7.36. The summed E-state index contributed by atoms with van der Waals surface area (Å²) in [7, 11) is 1.84. The predicted molar refractivity (Wildman–Crippen MR) is 83.7 cm³/mol. The second kappa shape index (κ2) is 5.05. The zero-order valence-corrected chi connectivity index (χ0v) is 12.9. The number of carbonyl (C=O) groups is 1. The number of carbonyl (C=O) groups excluding carboxylic acids is 1. The number of nitrogens with zero attached hydrogens (tertiary/aromatic N) is 5. The van der Waals surface area contributed by atoms with Crippen LogP contribution in [0.2, 0.25) is 0 Å². The molecule has 0 fully saturated rings. The van der Waals surface area contributed by atoms with Crippen LogP contribution in [0.4, 0.5) is 5.69 Å². The van der Waals surface area contributed by atoms with Gasteiger partial charge in [-0.05, 0) is 30.2 Å². The molecule has 116 valence electrons. The smallest absolute Gasteiger partial charge is 0.258 e. The Bertz CT molecular complexity index is 896. The van der Waals surface area contributed by atoms with E-state index >= 15 is 0 Å². The predicted octanol–water partition coefficient (Wildman–Crippen LogP) is 2.05. The molecule has 0 unspecified atom stereocenters. The summed E-state index contributed by atoms with van der Waals surface area (Å²) >= 11 is 0. The van der Waals surface area contributed by atoms with Gasteiger partial charge in [-0.2, -0.15) is 10.1 Å². The molecule has 0 bridgehead atoms. The Kier molecular flexibility index (Phi) is 3.00. The average Bonchev–Trinajstić information content (AvgIpc) is 3.24. The number of hydrogen-bond donors (Lipinski definition) is 0. The van der Waals surface area contributed by atoms with Crippen molar-refractivity contribution in [3.05, 3.63) is 36.2 Å². The van der Waals surface area contributed by atoms with E-state index in [2.05, 4.69) is 15.2 Å². The fraction of sp³-hybridized carbons (Fsp3) is 0.250. The number of aryl methyl sites for hydroxylation is 1. The molecule has 1 amide bonds. The zero-order chi connectivity index (χ0) is 16.0. The summed E-state index contributed by atoms with van der Waals surface area (Å²) < 4.78 is 7.06. The topological polar surface area (TPSA) is 77.1 Å². The van der Waals surface area contributed by atoms with E-state index in [1.54, 1.807) is 22.7 Å². The van der Waals surface area contributed by atoms with Crippen LogP contribution in [0.25, 0.3) is 22.8 Å². The third-order valence-electron chi connectivity index (χ3n) is 3.99. The molecule has 0 aliphatic carbocycles. The molecule has 0 saturated carbocycles. The maximum absolute atomic E-state index is 11.6. The summed E-state index contributed by atoms with van der Waals surface area (Å²) in [5, 5.41) is 8.11. The Balaban J connectivity index is 1.67. The molecule has 1 aliphatic rings. The van der Waals surface area contributed by atoms with Crippen LogP contribution in [-0.2, 0) is 18.3 Å². The number of fused-ring (bicyclic) bond motifs is 1. The molecular formula is C16H15N5O2. The number of amides is 1. The second-order valence-corrected chi connectivity index (χ2v) is 5.59. The van der Waals surface area contributed by atoms with Gasteiger partial charge < -0.3 is 9.42 Å². The maximum atomic E-state index is 11.6. The van der Waals surface area contributed by atoms with Crippen LogP contribution in [0, 0.1) is 0 Å². The van der Waals surface area contributed by atoms with Crippen molar-refractivity contribution < 1.29 is 9.32 Å². The molecule has 2 aromatic heterocycles. The molecule has 0 atom stereocenters. The highest BCUT2D eigenvalue weighted by molar-refractivity contribution is 5.94. The standard InChI is InChI=1S/C16H15N5O2/c1-10(22)21-6-5-11-7-12(3-4-14(11)21)16-18-15(19-23-16)13-8-17-20(2)9-13/h3-4,7-9H,5-6H2,1-2H3. The largest absolute Gasteiger partial charge is 0.334 e. The summed E-state index contributed by atoms with van der Waals surface area (Å²) in [5.41, 5.74) is 3.76. The minimum Gasteiger partial charge on any atom is -0.334 e. The molecule has 4 rings (SSSR count). The third kappa shape index (κ3) is 2.30. The van der Waals surface area contributed by atoms with Crippen molar-refractivity contribution in [1.82, 2.24) is 19.9 Å². The van der Waals surface area contributed by atoms with Crippen molar-refractivity contribution in [2.75, 3.05) is 11.4 Å². The quantitative estimate of drug-likeness (QED) is 0.724. The monoisotopic (exact) mass is 309 g/mol. The van der Waals surface area contributed by atoms with E-state index < -0.39 is 0 Å². The van der Waals surface area contributed by atoms with Crippen molar-refractivity contribution in [2.24, 2.45) is 7.05 Å². The van der Waals surface area contributed by atoms with Crippen LogP contribution in [0.1, 0.15) is 12.5 Å². The van der Waals surface area contributed by atoms with Gasteiger partial charge in [-0.25, -0.2) is 0 Å². The maximum Gasteiger partial charge on any atom is 0.258 e. The highest BCUT2D eigenvalue weighted by Crippen LogP contribution is 2.32. The Morgan fingerprint density at radius 3 is 2.91 bits per heavy atom. The molecule has 0 radical (unpaired) electrons. The van der Waals surface area contributed by atoms with Crippen molar-refractivity contribution in [3.63, 3.8) is 0 Å². The lowest BCUT2D eigenvalue weighted by molar-refractivity contribution is -0.116. The molecule has 1 aromatic carbocycles. The molecule has 7 nitrogen and oxygen atoms in total. The van der Waals surface area contributed by atoms with Crippen LogP contribution in [0.3, 0.4) is 0 Å². The molecule has 23 heavy (non-hydrogen) atoms. The Labute approximate surface area is 132 Å². The highest BCUT2D eigenvalue weighted by Gasteiger charge is 2.23. The van der Waals surface area contributed by atoms with E-state index in [0.29, 0.717) is 11.7 Å². The normalized spacial score (nSPS) is 13.4. The van der Waals surface area contributed by atoms with Crippen LogP contribution < -0.4 is 4.90 Å². The van der Waals surface area contributed by atoms with Gasteiger partial charge in [0.25, 0.3) is 5.89 Å². The first kappa shape index (κ1) is 13.7. The van der Waals surface area contributed by atoms with Crippen molar-refractivity contribution in [1.29, 1.82) is 0 Å². The summed E-state index contributed by atoms with van der Waals surface area (Å²) in [4.78, 5) is 17.8. The Morgan fingerprint density at radius 1 is 1.30 bits per heavy atom. The first-order chi connectivity index (χ1) is 11.1. The van der Waals surface area contributed by atoms with Gasteiger partial charge in [0.15, 0.2) is 0 Å². The lowest BCUT2D eigenvalue weighted by atomic mass is 10.1. The van der Waals surface area contributed by atoms with Crippen LogP contribution in [-0.4, -0.2) is 32.4 Å². The van der Waals surface area contributed by atoms with Gasteiger partial charge in [0.1, 0.15) is 0 Å². The summed E-state index contributed by atoms with van der Waals surface area (Å²) in [5.74, 6) is 1.04. The Hall–Kier alpha value is -2.96. The molecule has 0 N–H and O–H groups in total. The summed E-state index contributed by atoms with van der Waals surface area (Å²) in [6.45, 7) is 2.31. The van der Waals surface area contributed by atoms with Crippen molar-refractivity contribution in [3.8, 4) is 22.8 Å². The summed E-state index contributed by atoms with van der Waals surface area (Å²) in [6, 6.07) is 5.85. The fourth-order valence-corrected chi connectivity index (χ4v) is 2.86. The van der Waals surface area contributed by atoms with Crippen molar-refractivity contribution in [2.45, 2.75) is 13.3 Å². The van der Waals surface area contributed by atoms with Crippen LogP contribution in [0.15, 0.2) is 35.1 Å². The summed E-state index contributed by atoms with van der Waals surface area (Å²) in [6.07, 6.45) is 4.37. The lowest BCUT2D eigenvalue weighted by Gasteiger charge is -2.14. The van der Waals surface area contributed by atoms with Gasteiger partial charge in [0.05, 0.1) is 11.8 Å². The minimum atomic E-state index is 0.0631. The van der Waals surface area contributed by atoms with Gasteiger partial charge in [0.2, 0.25) is 11.7 Å². The minimum absolute atomic E-state index is 0.0631. The highest BCUT2D eigenvalue weighted by atomic mass is 16.5. The van der Waals surface area contributed by atoms with E-state index in [1.165, 1.54) is 0 Å². The molecular weight excluding hydrogens is 294 g/mol. The van der Waals surface area contributed by atoms with E-state index in [0.717, 1.165) is 35.3 Å². The van der Waals surface area contributed by atoms with Crippen LogP contribution >= 0.6 is 0 Å².